The highest BCUT2D eigenvalue weighted by Crippen LogP contribution is 2.32. The van der Waals surface area contributed by atoms with Crippen molar-refractivity contribution >= 4 is 27.3 Å². The Morgan fingerprint density at radius 1 is 0.964 bits per heavy atom. The number of fused-ring (bicyclic) bond motifs is 2. The minimum absolute atomic E-state index is 0.211. The predicted octanol–water partition coefficient (Wildman–Crippen LogP) is 4.89. The molecular formula is C22H18N4OS. The Bertz CT molecular complexity index is 1410. The van der Waals surface area contributed by atoms with Gasteiger partial charge in [0.1, 0.15) is 11.4 Å². The number of rotatable bonds is 2. The number of aromatic nitrogens is 4. The molecule has 0 radical (unpaired) electrons. The van der Waals surface area contributed by atoms with Crippen molar-refractivity contribution in [1.29, 1.82) is 0 Å². The van der Waals surface area contributed by atoms with Crippen molar-refractivity contribution in [3.8, 4) is 22.6 Å². The zero-order chi connectivity index (χ0) is 19.4. The van der Waals surface area contributed by atoms with Crippen LogP contribution in [0, 0.1) is 20.8 Å². The molecule has 0 aliphatic rings. The minimum Gasteiger partial charge on any atom is -0.319 e. The fraction of sp³-hybridized carbons (Fsp3) is 0.136. The molecule has 0 atom stereocenters. The second kappa shape index (κ2) is 6.14. The van der Waals surface area contributed by atoms with Crippen molar-refractivity contribution in [2.75, 3.05) is 0 Å². The lowest BCUT2D eigenvalue weighted by atomic mass is 10.1. The molecule has 0 bridgehead atoms. The zero-order valence-corrected chi connectivity index (χ0v) is 16.6. The van der Waals surface area contributed by atoms with Gasteiger partial charge in [0.15, 0.2) is 10.7 Å². The fourth-order valence-electron chi connectivity index (χ4n) is 3.43. The van der Waals surface area contributed by atoms with Crippen LogP contribution < -0.4 is 5.56 Å². The Morgan fingerprint density at radius 3 is 2.50 bits per heavy atom. The van der Waals surface area contributed by atoms with Crippen LogP contribution in [0.25, 0.3) is 38.6 Å². The molecule has 5 nitrogen and oxygen atoms in total. The molecule has 0 aliphatic carbocycles. The molecule has 2 aromatic carbocycles. The molecule has 5 rings (SSSR count). The van der Waals surface area contributed by atoms with Crippen LogP contribution in [-0.4, -0.2) is 19.4 Å². The first-order valence-corrected chi connectivity index (χ1v) is 9.93. The number of imidazole rings is 1. The van der Waals surface area contributed by atoms with E-state index in [1.165, 1.54) is 5.56 Å². The number of nitrogens with zero attached hydrogens (tertiary/aromatic N) is 3. The molecule has 0 saturated carbocycles. The second-order valence-corrected chi connectivity index (χ2v) is 7.97. The molecule has 3 aromatic heterocycles. The summed E-state index contributed by atoms with van der Waals surface area (Å²) >= 11 is 1.54. The van der Waals surface area contributed by atoms with Crippen LogP contribution in [0.2, 0.25) is 0 Å². The molecule has 28 heavy (non-hydrogen) atoms. The molecular weight excluding hydrogens is 368 g/mol. The lowest BCUT2D eigenvalue weighted by molar-refractivity contribution is 1.15. The van der Waals surface area contributed by atoms with Gasteiger partial charge < -0.3 is 4.98 Å². The first-order valence-electron chi connectivity index (χ1n) is 9.05. The molecule has 0 spiro atoms. The Labute approximate surface area is 165 Å². The average molecular weight is 386 g/mol. The normalized spacial score (nSPS) is 11.5. The molecule has 0 unspecified atom stereocenters. The molecule has 0 amide bonds. The maximum absolute atomic E-state index is 13.0. The Morgan fingerprint density at radius 2 is 1.71 bits per heavy atom. The predicted molar refractivity (Wildman–Crippen MR) is 114 cm³/mol. The van der Waals surface area contributed by atoms with Crippen LogP contribution in [0.4, 0.5) is 0 Å². The number of hydrogen-bond donors (Lipinski definition) is 1. The summed E-state index contributed by atoms with van der Waals surface area (Å²) in [5, 5.41) is 1.97. The van der Waals surface area contributed by atoms with Gasteiger partial charge in [0, 0.05) is 17.1 Å². The van der Waals surface area contributed by atoms with E-state index in [4.69, 9.17) is 9.97 Å². The number of aromatic amines is 1. The van der Waals surface area contributed by atoms with Gasteiger partial charge in [0.25, 0.3) is 5.56 Å². The Kier molecular flexibility index (Phi) is 3.70. The van der Waals surface area contributed by atoms with Crippen LogP contribution in [0.5, 0.6) is 0 Å². The molecule has 138 valence electrons. The van der Waals surface area contributed by atoms with Gasteiger partial charge in [-0.05, 0) is 44.0 Å². The van der Waals surface area contributed by atoms with Gasteiger partial charge in [-0.15, -0.1) is 11.3 Å². The number of benzene rings is 2. The summed E-state index contributed by atoms with van der Waals surface area (Å²) in [5.74, 6) is 0. The molecule has 1 N–H and O–H groups in total. The maximum atomic E-state index is 13.0. The van der Waals surface area contributed by atoms with Gasteiger partial charge in [-0.2, -0.15) is 0 Å². The standard InChI is InChI=1S/C22H18N4OS/c1-12-4-6-15(7-5-12)18-20(26-8-9-28-22(26)25-18)19-21(27)24-17-11-14(3)13(2)10-16(17)23-19/h4-11H,1-3H3,(H,24,27). The van der Waals surface area contributed by atoms with Crippen molar-refractivity contribution < 1.29 is 0 Å². The third-order valence-electron chi connectivity index (χ3n) is 5.12. The van der Waals surface area contributed by atoms with E-state index >= 15 is 0 Å². The maximum Gasteiger partial charge on any atom is 0.276 e. The summed E-state index contributed by atoms with van der Waals surface area (Å²) in [4.78, 5) is 26.4. The van der Waals surface area contributed by atoms with Gasteiger partial charge >= 0.3 is 0 Å². The first kappa shape index (κ1) is 16.9. The number of nitrogens with one attached hydrogen (secondary N) is 1. The van der Waals surface area contributed by atoms with Crippen molar-refractivity contribution in [3.63, 3.8) is 0 Å². The number of thiazole rings is 1. The summed E-state index contributed by atoms with van der Waals surface area (Å²) in [6, 6.07) is 12.2. The van der Waals surface area contributed by atoms with Crippen LogP contribution >= 0.6 is 11.3 Å². The molecule has 0 aliphatic heterocycles. The Hall–Kier alpha value is -3.25. The van der Waals surface area contributed by atoms with Crippen molar-refractivity contribution in [2.45, 2.75) is 20.8 Å². The minimum atomic E-state index is -0.211. The smallest absolute Gasteiger partial charge is 0.276 e. The largest absolute Gasteiger partial charge is 0.319 e. The van der Waals surface area contributed by atoms with E-state index in [9.17, 15) is 4.79 Å². The summed E-state index contributed by atoms with van der Waals surface area (Å²) < 4.78 is 1.95. The molecule has 0 saturated heterocycles. The summed E-state index contributed by atoms with van der Waals surface area (Å²) in [5.41, 5.74) is 7.62. The monoisotopic (exact) mass is 386 g/mol. The Balaban J connectivity index is 1.83. The first-order chi connectivity index (χ1) is 13.5. The third kappa shape index (κ3) is 2.57. The van der Waals surface area contributed by atoms with E-state index in [1.807, 2.05) is 47.2 Å². The van der Waals surface area contributed by atoms with Gasteiger partial charge in [-0.3, -0.25) is 9.20 Å². The molecule has 5 aromatic rings. The second-order valence-electron chi connectivity index (χ2n) is 7.10. The summed E-state index contributed by atoms with van der Waals surface area (Å²) in [6.45, 7) is 6.13. The quantitative estimate of drug-likeness (QED) is 0.470. The third-order valence-corrected chi connectivity index (χ3v) is 5.88. The topological polar surface area (TPSA) is 63.1 Å². The van der Waals surface area contributed by atoms with Crippen molar-refractivity contribution in [2.24, 2.45) is 0 Å². The SMILES string of the molecule is Cc1ccc(-c2nc3sccn3c2-c2nc3cc(C)c(C)cc3[nH]c2=O)cc1. The van der Waals surface area contributed by atoms with E-state index in [2.05, 4.69) is 31.0 Å². The van der Waals surface area contributed by atoms with E-state index in [-0.39, 0.29) is 5.56 Å². The number of H-pyrrole nitrogens is 1. The molecule has 0 fully saturated rings. The molecule has 6 heteroatoms. The summed E-state index contributed by atoms with van der Waals surface area (Å²) in [7, 11) is 0. The molecule has 3 heterocycles. The van der Waals surface area contributed by atoms with E-state index in [1.54, 1.807) is 11.3 Å². The van der Waals surface area contributed by atoms with Crippen LogP contribution in [0.15, 0.2) is 52.8 Å². The van der Waals surface area contributed by atoms with Crippen molar-refractivity contribution in [3.05, 3.63) is 75.0 Å². The lowest BCUT2D eigenvalue weighted by Gasteiger charge is -2.07. The van der Waals surface area contributed by atoms with Crippen LogP contribution in [-0.2, 0) is 0 Å². The van der Waals surface area contributed by atoms with Crippen molar-refractivity contribution in [1.82, 2.24) is 19.4 Å². The van der Waals surface area contributed by atoms with Gasteiger partial charge in [-0.25, -0.2) is 9.97 Å². The highest BCUT2D eigenvalue weighted by atomic mass is 32.1. The number of hydrogen-bond acceptors (Lipinski definition) is 4. The average Bonchev–Trinajstić information content (AvgIpc) is 3.25. The van der Waals surface area contributed by atoms with Gasteiger partial charge in [0.05, 0.1) is 11.0 Å². The summed E-state index contributed by atoms with van der Waals surface area (Å²) in [6.07, 6.45) is 1.94. The van der Waals surface area contributed by atoms with Gasteiger partial charge in [-0.1, -0.05) is 29.8 Å². The van der Waals surface area contributed by atoms with Gasteiger partial charge in [0.2, 0.25) is 0 Å². The zero-order valence-electron chi connectivity index (χ0n) is 15.8. The van der Waals surface area contributed by atoms with E-state index < -0.39 is 0 Å². The van der Waals surface area contributed by atoms with E-state index in [0.717, 1.165) is 44.1 Å². The fourth-order valence-corrected chi connectivity index (χ4v) is 4.15. The van der Waals surface area contributed by atoms with Crippen LogP contribution in [0.1, 0.15) is 16.7 Å². The van der Waals surface area contributed by atoms with Crippen LogP contribution in [0.3, 0.4) is 0 Å². The highest BCUT2D eigenvalue weighted by molar-refractivity contribution is 7.15. The van der Waals surface area contributed by atoms with E-state index in [0.29, 0.717) is 5.69 Å². The number of aryl methyl sites for hydroxylation is 3. The lowest BCUT2D eigenvalue weighted by Crippen LogP contribution is -2.13. The highest BCUT2D eigenvalue weighted by Gasteiger charge is 2.21.